The Morgan fingerprint density at radius 3 is 2.50 bits per heavy atom. The number of hydrogen-bond donors (Lipinski definition) is 2. The Bertz CT molecular complexity index is 475. The SMILES string of the molecule is CC(O)CN(C(=O)Nc1cccc(CSC(C)C)c1)C(C)C. The lowest BCUT2D eigenvalue weighted by Crippen LogP contribution is -2.43. The Morgan fingerprint density at radius 2 is 1.95 bits per heavy atom. The maximum Gasteiger partial charge on any atom is 0.322 e. The first kappa shape index (κ1) is 18.8. The van der Waals surface area contributed by atoms with Gasteiger partial charge in [0.1, 0.15) is 0 Å². The van der Waals surface area contributed by atoms with Gasteiger partial charge in [0.15, 0.2) is 0 Å². The minimum absolute atomic E-state index is 0.0364. The van der Waals surface area contributed by atoms with Crippen molar-refractivity contribution in [2.75, 3.05) is 11.9 Å². The summed E-state index contributed by atoms with van der Waals surface area (Å²) in [5.74, 6) is 0.933. The fourth-order valence-electron chi connectivity index (χ4n) is 2.01. The van der Waals surface area contributed by atoms with E-state index in [1.165, 1.54) is 5.56 Å². The molecule has 5 heteroatoms. The first-order valence-corrected chi connectivity index (χ1v) is 8.80. The maximum absolute atomic E-state index is 12.4. The number of hydrogen-bond acceptors (Lipinski definition) is 3. The average Bonchev–Trinajstić information content (AvgIpc) is 2.42. The zero-order chi connectivity index (χ0) is 16.7. The van der Waals surface area contributed by atoms with Crippen LogP contribution in [0.3, 0.4) is 0 Å². The Morgan fingerprint density at radius 1 is 1.27 bits per heavy atom. The molecule has 0 bridgehead atoms. The number of carbonyl (C=O) groups excluding carboxylic acids is 1. The second-order valence-corrected chi connectivity index (χ2v) is 7.65. The Kier molecular flexibility index (Phi) is 7.76. The van der Waals surface area contributed by atoms with Gasteiger partial charge in [-0.1, -0.05) is 26.0 Å². The van der Waals surface area contributed by atoms with Crippen molar-refractivity contribution in [2.45, 2.75) is 57.8 Å². The van der Waals surface area contributed by atoms with Crippen LogP contribution in [0.15, 0.2) is 24.3 Å². The summed E-state index contributed by atoms with van der Waals surface area (Å²) in [7, 11) is 0. The molecule has 1 rings (SSSR count). The van der Waals surface area contributed by atoms with Gasteiger partial charge in [-0.2, -0.15) is 11.8 Å². The van der Waals surface area contributed by atoms with E-state index in [9.17, 15) is 9.90 Å². The molecular formula is C17H28N2O2S. The molecule has 1 atom stereocenters. The van der Waals surface area contributed by atoms with Crippen LogP contribution in [-0.2, 0) is 5.75 Å². The smallest absolute Gasteiger partial charge is 0.322 e. The molecule has 2 N–H and O–H groups in total. The number of thioether (sulfide) groups is 1. The number of aliphatic hydroxyl groups excluding tert-OH is 1. The van der Waals surface area contributed by atoms with Crippen LogP contribution in [0.1, 0.15) is 40.2 Å². The molecule has 1 aromatic rings. The van der Waals surface area contributed by atoms with Crippen molar-refractivity contribution in [2.24, 2.45) is 0 Å². The van der Waals surface area contributed by atoms with Gasteiger partial charge in [-0.25, -0.2) is 4.79 Å². The van der Waals surface area contributed by atoms with E-state index in [0.29, 0.717) is 11.8 Å². The van der Waals surface area contributed by atoms with E-state index in [4.69, 9.17) is 0 Å². The molecule has 0 radical (unpaired) electrons. The Hall–Kier alpha value is -1.20. The van der Waals surface area contributed by atoms with Gasteiger partial charge in [0, 0.05) is 24.0 Å². The Balaban J connectivity index is 2.71. The van der Waals surface area contributed by atoms with Crippen molar-refractivity contribution in [3.05, 3.63) is 29.8 Å². The second kappa shape index (κ2) is 9.06. The summed E-state index contributed by atoms with van der Waals surface area (Å²) in [4.78, 5) is 14.0. The Labute approximate surface area is 138 Å². The number of amides is 2. The summed E-state index contributed by atoms with van der Waals surface area (Å²) in [6, 6.07) is 7.79. The lowest BCUT2D eigenvalue weighted by molar-refractivity contribution is 0.125. The summed E-state index contributed by atoms with van der Waals surface area (Å²) in [5.41, 5.74) is 1.99. The van der Waals surface area contributed by atoms with E-state index >= 15 is 0 Å². The van der Waals surface area contributed by atoms with Crippen LogP contribution in [0, 0.1) is 0 Å². The summed E-state index contributed by atoms with van der Waals surface area (Å²) in [6.07, 6.45) is -0.540. The molecule has 124 valence electrons. The molecule has 4 nitrogen and oxygen atoms in total. The highest BCUT2D eigenvalue weighted by Crippen LogP contribution is 2.20. The van der Waals surface area contributed by atoms with Gasteiger partial charge < -0.3 is 15.3 Å². The fraction of sp³-hybridized carbons (Fsp3) is 0.588. The largest absolute Gasteiger partial charge is 0.392 e. The van der Waals surface area contributed by atoms with E-state index in [0.717, 1.165) is 11.4 Å². The van der Waals surface area contributed by atoms with Gasteiger partial charge in [0.25, 0.3) is 0 Å². The molecular weight excluding hydrogens is 296 g/mol. The highest BCUT2D eigenvalue weighted by Gasteiger charge is 2.18. The highest BCUT2D eigenvalue weighted by atomic mass is 32.2. The van der Waals surface area contributed by atoms with Crippen LogP contribution in [0.25, 0.3) is 0 Å². The normalized spacial score (nSPS) is 12.5. The van der Waals surface area contributed by atoms with Crippen molar-refractivity contribution in [3.63, 3.8) is 0 Å². The minimum atomic E-state index is -0.540. The number of nitrogens with one attached hydrogen (secondary N) is 1. The van der Waals surface area contributed by atoms with E-state index in [1.54, 1.807) is 11.8 Å². The molecule has 0 fully saturated rings. The topological polar surface area (TPSA) is 52.6 Å². The second-order valence-electron chi connectivity index (χ2n) is 6.09. The number of benzene rings is 1. The molecule has 0 aliphatic rings. The van der Waals surface area contributed by atoms with Gasteiger partial charge in [0.2, 0.25) is 0 Å². The highest BCUT2D eigenvalue weighted by molar-refractivity contribution is 7.99. The van der Waals surface area contributed by atoms with Crippen molar-refractivity contribution in [1.29, 1.82) is 0 Å². The third kappa shape index (κ3) is 6.71. The number of aliphatic hydroxyl groups is 1. The van der Waals surface area contributed by atoms with Crippen molar-refractivity contribution >= 4 is 23.5 Å². The standard InChI is InChI=1S/C17H28N2O2S/c1-12(2)19(10-14(5)20)17(21)18-16-8-6-7-15(9-16)11-22-13(3)4/h6-9,12-14,20H,10-11H2,1-5H3,(H,18,21). The van der Waals surface area contributed by atoms with Gasteiger partial charge in [-0.15, -0.1) is 0 Å². The minimum Gasteiger partial charge on any atom is -0.392 e. The number of anilines is 1. The van der Waals surface area contributed by atoms with Crippen LogP contribution >= 0.6 is 11.8 Å². The first-order valence-electron chi connectivity index (χ1n) is 7.75. The quantitative estimate of drug-likeness (QED) is 0.798. The van der Waals surface area contributed by atoms with E-state index < -0.39 is 6.10 Å². The van der Waals surface area contributed by atoms with Gasteiger partial charge in [0.05, 0.1) is 6.10 Å². The average molecular weight is 324 g/mol. The third-order valence-electron chi connectivity index (χ3n) is 3.11. The van der Waals surface area contributed by atoms with Gasteiger partial charge >= 0.3 is 6.03 Å². The molecule has 0 aliphatic heterocycles. The number of rotatable bonds is 7. The molecule has 2 amide bonds. The molecule has 22 heavy (non-hydrogen) atoms. The van der Waals surface area contributed by atoms with Crippen LogP contribution in [0.5, 0.6) is 0 Å². The van der Waals surface area contributed by atoms with Crippen molar-refractivity contribution < 1.29 is 9.90 Å². The van der Waals surface area contributed by atoms with Crippen molar-refractivity contribution in [1.82, 2.24) is 4.90 Å². The van der Waals surface area contributed by atoms with E-state index in [2.05, 4.69) is 25.2 Å². The zero-order valence-corrected chi connectivity index (χ0v) is 15.0. The number of carbonyl (C=O) groups is 1. The van der Waals surface area contributed by atoms with Gasteiger partial charge in [-0.3, -0.25) is 0 Å². The summed E-state index contributed by atoms with van der Waals surface area (Å²) >= 11 is 1.88. The maximum atomic E-state index is 12.4. The molecule has 1 unspecified atom stereocenters. The van der Waals surface area contributed by atoms with E-state index in [-0.39, 0.29) is 12.1 Å². The molecule has 0 heterocycles. The third-order valence-corrected chi connectivity index (χ3v) is 4.27. The predicted octanol–water partition coefficient (Wildman–Crippen LogP) is 3.95. The summed E-state index contributed by atoms with van der Waals surface area (Å²) in [6.45, 7) is 10.2. The zero-order valence-electron chi connectivity index (χ0n) is 14.2. The molecule has 0 saturated heterocycles. The lowest BCUT2D eigenvalue weighted by atomic mass is 10.2. The van der Waals surface area contributed by atoms with Crippen molar-refractivity contribution in [3.8, 4) is 0 Å². The predicted molar refractivity (Wildman–Crippen MR) is 95.4 cm³/mol. The van der Waals surface area contributed by atoms with Crippen LogP contribution < -0.4 is 5.32 Å². The van der Waals surface area contributed by atoms with Crippen LogP contribution in [0.4, 0.5) is 10.5 Å². The lowest BCUT2D eigenvalue weighted by Gasteiger charge is -2.28. The van der Waals surface area contributed by atoms with E-state index in [1.807, 2.05) is 43.8 Å². The molecule has 1 aromatic carbocycles. The molecule has 0 spiro atoms. The first-order chi connectivity index (χ1) is 10.3. The fourth-order valence-corrected chi connectivity index (χ4v) is 2.72. The molecule has 0 aromatic heterocycles. The van der Waals surface area contributed by atoms with Gasteiger partial charge in [-0.05, 0) is 43.7 Å². The number of urea groups is 1. The molecule has 0 saturated carbocycles. The monoisotopic (exact) mass is 324 g/mol. The number of nitrogens with zero attached hydrogens (tertiary/aromatic N) is 1. The molecule has 0 aliphatic carbocycles. The van der Waals surface area contributed by atoms with Crippen LogP contribution in [0.2, 0.25) is 0 Å². The van der Waals surface area contributed by atoms with Crippen LogP contribution in [-0.4, -0.2) is 40.0 Å². The summed E-state index contributed by atoms with van der Waals surface area (Å²) in [5, 5.41) is 13.0. The summed E-state index contributed by atoms with van der Waals surface area (Å²) < 4.78 is 0.